The summed E-state index contributed by atoms with van der Waals surface area (Å²) in [6, 6.07) is 3.45. The Morgan fingerprint density at radius 3 is 2.97 bits per heavy atom. The van der Waals surface area contributed by atoms with Crippen molar-refractivity contribution in [3.8, 4) is 10.4 Å². The van der Waals surface area contributed by atoms with E-state index in [2.05, 4.69) is 37.1 Å². The van der Waals surface area contributed by atoms with Crippen LogP contribution < -0.4 is 10.6 Å². The van der Waals surface area contributed by atoms with Gasteiger partial charge in [-0.3, -0.25) is 9.78 Å². The van der Waals surface area contributed by atoms with E-state index in [9.17, 15) is 14.0 Å². The number of aromatic nitrogens is 5. The Morgan fingerprint density at radius 1 is 1.25 bits per heavy atom. The molecule has 1 aliphatic rings. The summed E-state index contributed by atoms with van der Waals surface area (Å²) in [7, 11) is 0. The summed E-state index contributed by atoms with van der Waals surface area (Å²) in [5.74, 6) is -0.357. The molecule has 0 bridgehead atoms. The van der Waals surface area contributed by atoms with Gasteiger partial charge in [-0.1, -0.05) is 17.9 Å². The Hall–Kier alpha value is -4.32. The van der Waals surface area contributed by atoms with Crippen LogP contribution in [-0.4, -0.2) is 59.7 Å². The van der Waals surface area contributed by atoms with Crippen LogP contribution >= 0.6 is 11.3 Å². The lowest BCUT2D eigenvalue weighted by atomic mass is 10.2. The Bertz CT molecular complexity index is 1510. The highest BCUT2D eigenvalue weighted by Gasteiger charge is 2.32. The third-order valence-electron chi connectivity index (χ3n) is 5.75. The van der Waals surface area contributed by atoms with Crippen molar-refractivity contribution in [2.75, 3.05) is 18.4 Å². The van der Waals surface area contributed by atoms with Crippen molar-refractivity contribution in [2.45, 2.75) is 19.4 Å². The van der Waals surface area contributed by atoms with Gasteiger partial charge in [0, 0.05) is 56.0 Å². The summed E-state index contributed by atoms with van der Waals surface area (Å²) in [6.45, 7) is 4.87. The van der Waals surface area contributed by atoms with E-state index in [0.717, 1.165) is 11.9 Å². The van der Waals surface area contributed by atoms with E-state index in [1.54, 1.807) is 24.8 Å². The van der Waals surface area contributed by atoms with Gasteiger partial charge < -0.3 is 15.2 Å². The molecule has 0 radical (unpaired) electrons. The first kappa shape index (κ1) is 23.4. The molecular formula is C24H22FN8O2S+. The van der Waals surface area contributed by atoms with Gasteiger partial charge in [0.1, 0.15) is 17.2 Å². The quantitative estimate of drug-likeness (QED) is 0.279. The fourth-order valence-corrected chi connectivity index (χ4v) is 4.85. The first-order chi connectivity index (χ1) is 17.5. The second kappa shape index (κ2) is 10.1. The molecule has 0 saturated heterocycles. The number of halogens is 1. The number of pyridine rings is 2. The molecule has 4 aromatic heterocycles. The first-order valence-corrected chi connectivity index (χ1v) is 12.1. The van der Waals surface area contributed by atoms with Crippen molar-refractivity contribution in [1.82, 2.24) is 29.8 Å². The molecule has 0 unspecified atom stereocenters. The molecule has 1 aliphatic heterocycles. The zero-order chi connectivity index (χ0) is 25.1. The van der Waals surface area contributed by atoms with Crippen LogP contribution in [0.5, 0.6) is 0 Å². The van der Waals surface area contributed by atoms with Crippen LogP contribution in [0, 0.1) is 5.82 Å². The molecule has 10 nitrogen and oxygen atoms in total. The molecule has 182 valence electrons. The minimum atomic E-state index is -0.408. The van der Waals surface area contributed by atoms with E-state index < -0.39 is 5.82 Å². The van der Waals surface area contributed by atoms with Crippen molar-refractivity contribution in [1.29, 1.82) is 0 Å². The zero-order valence-electron chi connectivity index (χ0n) is 19.1. The standard InChI is InChI=1S/C24H21FN8O2S/c1-2-22(34)33-8-3-4-18(33)23(35)27-7-9-32-14-30-17-12-28-21(10-19(17)32)31-24-29-13-20(36-24)15-5-6-26-11-16(15)25/h2,5-6,10-14H,1,3-4,7-9H2,(H-,26,27,28,29,31,35)/p+1. The number of hydrogen-bond donors (Lipinski definition) is 2. The topological polar surface area (TPSA) is 118 Å². The SMILES string of the molecule is C=CC(=O)[N+]1=C(C(=O)NCCn2cnc3cnc(Nc4ncc(-c5ccncc5F)s4)cc32)CCC1. The van der Waals surface area contributed by atoms with E-state index in [1.165, 1.54) is 34.4 Å². The van der Waals surface area contributed by atoms with Crippen LogP contribution in [0.4, 0.5) is 15.3 Å². The number of thiazole rings is 1. The number of rotatable bonds is 8. The molecule has 0 aliphatic carbocycles. The van der Waals surface area contributed by atoms with Gasteiger partial charge in [-0.2, -0.15) is 4.58 Å². The number of anilines is 2. The lowest BCUT2D eigenvalue weighted by molar-refractivity contribution is -0.435. The zero-order valence-corrected chi connectivity index (χ0v) is 20.0. The molecule has 5 rings (SSSR count). The molecule has 0 spiro atoms. The lowest BCUT2D eigenvalue weighted by Gasteiger charge is -2.07. The van der Waals surface area contributed by atoms with Crippen LogP contribution in [0.15, 0.2) is 55.9 Å². The van der Waals surface area contributed by atoms with E-state index in [-0.39, 0.29) is 11.8 Å². The van der Waals surface area contributed by atoms with Gasteiger partial charge >= 0.3 is 11.8 Å². The molecule has 0 aromatic carbocycles. The molecule has 5 heterocycles. The maximum absolute atomic E-state index is 14.0. The van der Waals surface area contributed by atoms with Gasteiger partial charge in [0.15, 0.2) is 11.7 Å². The summed E-state index contributed by atoms with van der Waals surface area (Å²) in [6.07, 6.45) is 10.2. The van der Waals surface area contributed by atoms with Crippen molar-refractivity contribution in [2.24, 2.45) is 0 Å². The Morgan fingerprint density at radius 2 is 2.14 bits per heavy atom. The van der Waals surface area contributed by atoms with Gasteiger partial charge in [-0.05, 0) is 6.07 Å². The Kier molecular flexibility index (Phi) is 6.58. The molecule has 4 aromatic rings. The second-order valence-corrected chi connectivity index (χ2v) is 9.04. The van der Waals surface area contributed by atoms with Crippen LogP contribution in [0.1, 0.15) is 12.8 Å². The number of hydrogen-bond acceptors (Lipinski definition) is 8. The largest absolute Gasteiger partial charge is 0.411 e. The highest BCUT2D eigenvalue weighted by molar-refractivity contribution is 7.18. The third kappa shape index (κ3) is 4.75. The van der Waals surface area contributed by atoms with Gasteiger partial charge in [0.05, 0.1) is 29.1 Å². The van der Waals surface area contributed by atoms with Crippen molar-refractivity contribution in [3.63, 3.8) is 0 Å². The highest BCUT2D eigenvalue weighted by atomic mass is 32.1. The second-order valence-electron chi connectivity index (χ2n) is 8.01. The normalized spacial score (nSPS) is 13.2. The van der Waals surface area contributed by atoms with Crippen LogP contribution in [0.2, 0.25) is 0 Å². The number of fused-ring (bicyclic) bond motifs is 1. The molecule has 36 heavy (non-hydrogen) atoms. The molecule has 0 atom stereocenters. The minimum Gasteiger partial charge on any atom is -0.345 e. The number of imidazole rings is 1. The molecule has 0 saturated carbocycles. The summed E-state index contributed by atoms with van der Waals surface area (Å²) in [5, 5.41) is 6.61. The molecule has 2 N–H and O–H groups in total. The smallest absolute Gasteiger partial charge is 0.345 e. The number of carbonyl (C=O) groups excluding carboxylic acids is 2. The highest BCUT2D eigenvalue weighted by Crippen LogP contribution is 2.31. The monoisotopic (exact) mass is 505 g/mol. The van der Waals surface area contributed by atoms with Crippen molar-refractivity contribution < 1.29 is 18.6 Å². The van der Waals surface area contributed by atoms with E-state index >= 15 is 0 Å². The molecule has 0 fully saturated rings. The third-order valence-corrected chi connectivity index (χ3v) is 6.69. The summed E-state index contributed by atoms with van der Waals surface area (Å²) in [4.78, 5) is 42.1. The van der Waals surface area contributed by atoms with Gasteiger partial charge in [0.2, 0.25) is 5.71 Å². The maximum atomic E-state index is 14.0. The molecule has 2 amide bonds. The average molecular weight is 506 g/mol. The lowest BCUT2D eigenvalue weighted by Crippen LogP contribution is -2.37. The average Bonchev–Trinajstić information content (AvgIpc) is 3.64. The van der Waals surface area contributed by atoms with Gasteiger partial charge in [-0.25, -0.2) is 24.1 Å². The van der Waals surface area contributed by atoms with Crippen LogP contribution in [0.3, 0.4) is 0 Å². The molecular weight excluding hydrogens is 483 g/mol. The number of carbonyl (C=O) groups is 2. The summed E-state index contributed by atoms with van der Waals surface area (Å²) >= 11 is 1.30. The van der Waals surface area contributed by atoms with Crippen molar-refractivity contribution in [3.05, 3.63) is 61.7 Å². The van der Waals surface area contributed by atoms with Gasteiger partial charge in [-0.15, -0.1) is 0 Å². The number of nitrogens with zero attached hydrogens (tertiary/aromatic N) is 6. The van der Waals surface area contributed by atoms with E-state index in [4.69, 9.17) is 0 Å². The summed E-state index contributed by atoms with van der Waals surface area (Å²) < 4.78 is 17.4. The van der Waals surface area contributed by atoms with Crippen LogP contribution in [0.25, 0.3) is 21.5 Å². The minimum absolute atomic E-state index is 0.249. The van der Waals surface area contributed by atoms with Gasteiger partial charge in [0.25, 0.3) is 0 Å². The molecule has 12 heteroatoms. The van der Waals surface area contributed by atoms with E-state index in [0.29, 0.717) is 58.7 Å². The number of amides is 2. The van der Waals surface area contributed by atoms with Crippen molar-refractivity contribution >= 4 is 50.8 Å². The number of nitrogens with one attached hydrogen (secondary N) is 2. The fraction of sp³-hybridized carbons (Fsp3) is 0.208. The van der Waals surface area contributed by atoms with Crippen LogP contribution in [-0.2, 0) is 16.1 Å². The predicted octanol–water partition coefficient (Wildman–Crippen LogP) is 2.91. The summed E-state index contributed by atoms with van der Waals surface area (Å²) in [5.41, 5.74) is 2.45. The first-order valence-electron chi connectivity index (χ1n) is 11.2. The Labute approximate surface area is 209 Å². The van der Waals surface area contributed by atoms with E-state index in [1.807, 2.05) is 10.6 Å². The maximum Gasteiger partial charge on any atom is 0.411 e. The predicted molar refractivity (Wildman–Crippen MR) is 134 cm³/mol. The Balaban J connectivity index is 1.26. The fourth-order valence-electron chi connectivity index (χ4n) is 4.00.